The normalized spacial score (nSPS) is 34.9. The molecule has 1 aliphatic heterocycles. The Bertz CT molecular complexity index is 216. The molecule has 3 heteroatoms. The summed E-state index contributed by atoms with van der Waals surface area (Å²) in [5.41, 5.74) is 0.328. The Hall–Kier alpha value is 0.270. The van der Waals surface area contributed by atoms with Crippen LogP contribution >= 0.6 is 11.8 Å². The molecule has 0 spiro atoms. The summed E-state index contributed by atoms with van der Waals surface area (Å²) < 4.78 is 5.46. The SMILES string of the molecule is CSC1CCCCC1NC1(C)CCOCC1. The zero-order valence-electron chi connectivity index (χ0n) is 10.6. The molecule has 1 saturated heterocycles. The Labute approximate surface area is 104 Å². The van der Waals surface area contributed by atoms with E-state index in [1.807, 2.05) is 11.8 Å². The van der Waals surface area contributed by atoms with Crippen LogP contribution in [-0.4, -0.2) is 36.3 Å². The predicted molar refractivity (Wildman–Crippen MR) is 71.2 cm³/mol. The standard InChI is InChI=1S/C13H25NOS/c1-13(7-9-15-10-8-13)14-11-5-3-4-6-12(11)16-2/h11-12,14H,3-10H2,1-2H3. The van der Waals surface area contributed by atoms with Crippen LogP contribution in [-0.2, 0) is 4.74 Å². The van der Waals surface area contributed by atoms with Gasteiger partial charge in [0, 0.05) is 30.0 Å². The van der Waals surface area contributed by atoms with Crippen molar-refractivity contribution < 1.29 is 4.74 Å². The minimum Gasteiger partial charge on any atom is -0.381 e. The van der Waals surface area contributed by atoms with Crippen molar-refractivity contribution >= 4 is 11.8 Å². The van der Waals surface area contributed by atoms with Crippen LogP contribution in [0, 0.1) is 0 Å². The summed E-state index contributed by atoms with van der Waals surface area (Å²) in [6.45, 7) is 4.24. The molecule has 1 N–H and O–H groups in total. The molecule has 94 valence electrons. The van der Waals surface area contributed by atoms with Gasteiger partial charge in [-0.05, 0) is 38.9 Å². The highest BCUT2D eigenvalue weighted by molar-refractivity contribution is 7.99. The van der Waals surface area contributed by atoms with Crippen molar-refractivity contribution in [1.29, 1.82) is 0 Å². The van der Waals surface area contributed by atoms with Crippen LogP contribution in [0.2, 0.25) is 0 Å². The zero-order valence-corrected chi connectivity index (χ0v) is 11.4. The van der Waals surface area contributed by atoms with Crippen molar-refractivity contribution in [1.82, 2.24) is 5.32 Å². The van der Waals surface area contributed by atoms with Gasteiger partial charge < -0.3 is 10.1 Å². The molecule has 2 rings (SSSR count). The summed E-state index contributed by atoms with van der Waals surface area (Å²) in [4.78, 5) is 0. The van der Waals surface area contributed by atoms with Gasteiger partial charge in [0.25, 0.3) is 0 Å². The van der Waals surface area contributed by atoms with Gasteiger partial charge >= 0.3 is 0 Å². The third-order valence-corrected chi connectivity index (χ3v) is 5.31. The Kier molecular flexibility index (Phi) is 4.57. The van der Waals surface area contributed by atoms with E-state index in [4.69, 9.17) is 4.74 Å². The maximum absolute atomic E-state index is 5.46. The first kappa shape index (κ1) is 12.7. The van der Waals surface area contributed by atoms with E-state index in [0.29, 0.717) is 5.54 Å². The third kappa shape index (κ3) is 3.14. The van der Waals surface area contributed by atoms with Crippen molar-refractivity contribution in [3.63, 3.8) is 0 Å². The maximum atomic E-state index is 5.46. The van der Waals surface area contributed by atoms with E-state index in [1.54, 1.807) is 0 Å². The van der Waals surface area contributed by atoms with Gasteiger partial charge in [-0.1, -0.05) is 12.8 Å². The van der Waals surface area contributed by atoms with Crippen molar-refractivity contribution in [2.24, 2.45) is 0 Å². The van der Waals surface area contributed by atoms with Crippen molar-refractivity contribution in [3.05, 3.63) is 0 Å². The van der Waals surface area contributed by atoms with Gasteiger partial charge in [0.1, 0.15) is 0 Å². The smallest absolute Gasteiger partial charge is 0.0483 e. The van der Waals surface area contributed by atoms with E-state index < -0.39 is 0 Å². The predicted octanol–water partition coefficient (Wildman–Crippen LogP) is 2.82. The molecule has 0 bridgehead atoms. The molecular formula is C13H25NOS. The minimum atomic E-state index is 0.328. The summed E-state index contributed by atoms with van der Waals surface area (Å²) in [7, 11) is 0. The summed E-state index contributed by atoms with van der Waals surface area (Å²) in [5, 5.41) is 4.76. The lowest BCUT2D eigenvalue weighted by Gasteiger charge is -2.42. The molecule has 2 nitrogen and oxygen atoms in total. The number of ether oxygens (including phenoxy) is 1. The molecule has 1 saturated carbocycles. The van der Waals surface area contributed by atoms with Gasteiger partial charge in [0.05, 0.1) is 0 Å². The molecular weight excluding hydrogens is 218 g/mol. The molecule has 16 heavy (non-hydrogen) atoms. The van der Waals surface area contributed by atoms with Crippen LogP contribution in [0.4, 0.5) is 0 Å². The molecule has 2 unspecified atom stereocenters. The van der Waals surface area contributed by atoms with Crippen LogP contribution in [0.25, 0.3) is 0 Å². The molecule has 0 aromatic rings. The van der Waals surface area contributed by atoms with Gasteiger partial charge in [-0.3, -0.25) is 0 Å². The second-order valence-corrected chi connectivity index (χ2v) is 6.56. The van der Waals surface area contributed by atoms with Gasteiger partial charge in [0.15, 0.2) is 0 Å². The van der Waals surface area contributed by atoms with Crippen LogP contribution < -0.4 is 5.32 Å². The highest BCUT2D eigenvalue weighted by Gasteiger charge is 2.33. The van der Waals surface area contributed by atoms with Gasteiger partial charge in [-0.15, -0.1) is 0 Å². The summed E-state index contributed by atoms with van der Waals surface area (Å²) in [6, 6.07) is 0.729. The van der Waals surface area contributed by atoms with Crippen molar-refractivity contribution in [3.8, 4) is 0 Å². The van der Waals surface area contributed by atoms with E-state index in [9.17, 15) is 0 Å². The minimum absolute atomic E-state index is 0.328. The topological polar surface area (TPSA) is 21.3 Å². The van der Waals surface area contributed by atoms with Crippen molar-refractivity contribution in [2.75, 3.05) is 19.5 Å². The fourth-order valence-corrected chi connectivity index (χ4v) is 3.89. The summed E-state index contributed by atoms with van der Waals surface area (Å²) >= 11 is 2.05. The fourth-order valence-electron chi connectivity index (χ4n) is 2.96. The molecule has 2 aliphatic rings. The van der Waals surface area contributed by atoms with E-state index in [2.05, 4.69) is 18.5 Å². The van der Waals surface area contributed by atoms with Crippen LogP contribution in [0.3, 0.4) is 0 Å². The van der Waals surface area contributed by atoms with Crippen LogP contribution in [0.5, 0.6) is 0 Å². The fraction of sp³-hybridized carbons (Fsp3) is 1.00. The Balaban J connectivity index is 1.90. The Morgan fingerprint density at radius 3 is 2.56 bits per heavy atom. The zero-order chi connectivity index (χ0) is 11.4. The Morgan fingerprint density at radius 1 is 1.19 bits per heavy atom. The first-order valence-corrected chi connectivity index (χ1v) is 7.90. The van der Waals surface area contributed by atoms with E-state index in [0.717, 1.165) is 24.5 Å². The molecule has 2 fully saturated rings. The first-order valence-electron chi connectivity index (χ1n) is 6.62. The van der Waals surface area contributed by atoms with Gasteiger partial charge in [-0.2, -0.15) is 11.8 Å². The second kappa shape index (κ2) is 5.74. The number of hydrogen-bond acceptors (Lipinski definition) is 3. The lowest BCUT2D eigenvalue weighted by Crippen LogP contribution is -2.55. The second-order valence-electron chi connectivity index (χ2n) is 5.48. The maximum Gasteiger partial charge on any atom is 0.0483 e. The monoisotopic (exact) mass is 243 g/mol. The van der Waals surface area contributed by atoms with Crippen LogP contribution in [0.15, 0.2) is 0 Å². The Morgan fingerprint density at radius 2 is 1.88 bits per heavy atom. The first-order chi connectivity index (χ1) is 7.73. The van der Waals surface area contributed by atoms with E-state index >= 15 is 0 Å². The molecule has 0 radical (unpaired) electrons. The molecule has 2 atom stereocenters. The van der Waals surface area contributed by atoms with E-state index in [1.165, 1.54) is 38.5 Å². The third-order valence-electron chi connectivity index (χ3n) is 4.14. The summed E-state index contributed by atoms with van der Waals surface area (Å²) in [6.07, 6.45) is 10.2. The largest absolute Gasteiger partial charge is 0.381 e. The highest BCUT2D eigenvalue weighted by Crippen LogP contribution is 2.30. The van der Waals surface area contributed by atoms with Gasteiger partial charge in [0.2, 0.25) is 0 Å². The average Bonchev–Trinajstić information content (AvgIpc) is 2.30. The van der Waals surface area contributed by atoms with Crippen molar-refractivity contribution in [2.45, 2.75) is 62.3 Å². The number of rotatable bonds is 3. The number of hydrogen-bond donors (Lipinski definition) is 1. The lowest BCUT2D eigenvalue weighted by molar-refractivity contribution is 0.0387. The quantitative estimate of drug-likeness (QED) is 0.823. The number of nitrogens with one attached hydrogen (secondary N) is 1. The molecule has 0 aromatic carbocycles. The summed E-state index contributed by atoms with van der Waals surface area (Å²) in [5.74, 6) is 0. The van der Waals surface area contributed by atoms with E-state index in [-0.39, 0.29) is 0 Å². The molecule has 1 aliphatic carbocycles. The van der Waals surface area contributed by atoms with Gasteiger partial charge in [-0.25, -0.2) is 0 Å². The molecule has 1 heterocycles. The molecule has 0 aromatic heterocycles. The molecule has 0 amide bonds. The lowest BCUT2D eigenvalue weighted by atomic mass is 9.87. The van der Waals surface area contributed by atoms with Crippen LogP contribution in [0.1, 0.15) is 45.4 Å². The highest BCUT2D eigenvalue weighted by atomic mass is 32.2. The number of thioether (sulfide) groups is 1. The average molecular weight is 243 g/mol.